The monoisotopic (exact) mass is 339 g/mol. The summed E-state index contributed by atoms with van der Waals surface area (Å²) in [5.74, 6) is -0.644. The van der Waals surface area contributed by atoms with Gasteiger partial charge in [-0.1, -0.05) is 23.4 Å². The van der Waals surface area contributed by atoms with Gasteiger partial charge in [-0.05, 0) is 37.3 Å². The van der Waals surface area contributed by atoms with Crippen molar-refractivity contribution < 1.29 is 18.5 Å². The zero-order valence-corrected chi connectivity index (χ0v) is 13.2. The molecule has 126 valence electrons. The maximum absolute atomic E-state index is 13.6. The largest absolute Gasteiger partial charge is 0.360 e. The molecular weight excluding hydrogens is 325 g/mol. The fraction of sp³-hybridized carbons (Fsp3) is 0.0556. The van der Waals surface area contributed by atoms with Gasteiger partial charge in [0.15, 0.2) is 5.82 Å². The molecule has 0 atom stereocenters. The third-order valence-electron chi connectivity index (χ3n) is 3.38. The normalized spacial score (nSPS) is 10.3. The molecule has 0 radical (unpaired) electrons. The SMILES string of the molecule is Cc1cc(NC(=O)c2cccc(C(=O)Nc3ccccc3F)c2)no1. The maximum atomic E-state index is 13.6. The van der Waals surface area contributed by atoms with Crippen molar-refractivity contribution in [1.29, 1.82) is 0 Å². The quantitative estimate of drug-likeness (QED) is 0.760. The number of carbonyl (C=O) groups is 2. The Kier molecular flexibility index (Phi) is 4.56. The number of carbonyl (C=O) groups excluding carboxylic acids is 2. The summed E-state index contributed by atoms with van der Waals surface area (Å²) in [5, 5.41) is 8.72. The van der Waals surface area contributed by atoms with Gasteiger partial charge >= 0.3 is 0 Å². The molecule has 1 heterocycles. The minimum absolute atomic E-state index is 0.0698. The molecule has 0 saturated carbocycles. The van der Waals surface area contributed by atoms with Crippen LogP contribution < -0.4 is 10.6 Å². The first-order valence-corrected chi connectivity index (χ1v) is 7.43. The summed E-state index contributed by atoms with van der Waals surface area (Å²) in [6.07, 6.45) is 0. The fourth-order valence-corrected chi connectivity index (χ4v) is 2.17. The Morgan fingerprint density at radius 2 is 1.64 bits per heavy atom. The van der Waals surface area contributed by atoms with Crippen LogP contribution in [0.5, 0.6) is 0 Å². The molecule has 0 bridgehead atoms. The summed E-state index contributed by atoms with van der Waals surface area (Å²) in [5.41, 5.74) is 0.564. The molecule has 6 nitrogen and oxygen atoms in total. The van der Waals surface area contributed by atoms with Crippen LogP contribution in [0, 0.1) is 12.7 Å². The molecule has 1 aromatic heterocycles. The fourth-order valence-electron chi connectivity index (χ4n) is 2.17. The van der Waals surface area contributed by atoms with Crippen LogP contribution in [-0.4, -0.2) is 17.0 Å². The Morgan fingerprint density at radius 3 is 2.28 bits per heavy atom. The molecule has 0 spiro atoms. The van der Waals surface area contributed by atoms with Gasteiger partial charge in [-0.2, -0.15) is 0 Å². The lowest BCUT2D eigenvalue weighted by molar-refractivity contribution is 0.102. The van der Waals surface area contributed by atoms with Gasteiger partial charge in [0.1, 0.15) is 11.6 Å². The predicted octanol–water partition coefficient (Wildman–Crippen LogP) is 3.63. The second kappa shape index (κ2) is 6.96. The molecule has 0 fully saturated rings. The van der Waals surface area contributed by atoms with E-state index in [0.717, 1.165) is 0 Å². The van der Waals surface area contributed by atoms with E-state index in [1.807, 2.05) is 0 Å². The summed E-state index contributed by atoms with van der Waals surface area (Å²) >= 11 is 0. The second-order valence-corrected chi connectivity index (χ2v) is 5.29. The Hall–Kier alpha value is -3.48. The molecular formula is C18H14FN3O3. The smallest absolute Gasteiger partial charge is 0.256 e. The minimum Gasteiger partial charge on any atom is -0.360 e. The zero-order valence-electron chi connectivity index (χ0n) is 13.2. The molecule has 0 aliphatic carbocycles. The van der Waals surface area contributed by atoms with E-state index >= 15 is 0 Å². The lowest BCUT2D eigenvalue weighted by atomic mass is 10.1. The van der Waals surface area contributed by atoms with Crippen LogP contribution in [0.25, 0.3) is 0 Å². The predicted molar refractivity (Wildman–Crippen MR) is 90.0 cm³/mol. The van der Waals surface area contributed by atoms with E-state index in [0.29, 0.717) is 5.76 Å². The molecule has 2 aromatic carbocycles. The van der Waals surface area contributed by atoms with E-state index < -0.39 is 17.6 Å². The summed E-state index contributed by atoms with van der Waals surface area (Å²) in [4.78, 5) is 24.5. The van der Waals surface area contributed by atoms with Crippen molar-refractivity contribution in [2.75, 3.05) is 10.6 Å². The van der Waals surface area contributed by atoms with Crippen molar-refractivity contribution in [1.82, 2.24) is 5.16 Å². The number of benzene rings is 2. The Balaban J connectivity index is 1.75. The second-order valence-electron chi connectivity index (χ2n) is 5.29. The number of aromatic nitrogens is 1. The maximum Gasteiger partial charge on any atom is 0.256 e. The van der Waals surface area contributed by atoms with E-state index in [1.54, 1.807) is 31.2 Å². The van der Waals surface area contributed by atoms with Crippen molar-refractivity contribution >= 4 is 23.3 Å². The average Bonchev–Trinajstić information content (AvgIpc) is 3.02. The summed E-state index contributed by atoms with van der Waals surface area (Å²) < 4.78 is 18.5. The van der Waals surface area contributed by atoms with Crippen molar-refractivity contribution in [2.45, 2.75) is 6.92 Å². The Labute approximate surface area is 142 Å². The number of hydrogen-bond acceptors (Lipinski definition) is 4. The van der Waals surface area contributed by atoms with Crippen molar-refractivity contribution in [3.63, 3.8) is 0 Å². The van der Waals surface area contributed by atoms with Gasteiger partial charge in [-0.25, -0.2) is 4.39 Å². The number of aryl methyl sites for hydroxylation is 1. The molecule has 3 rings (SSSR count). The number of nitrogens with zero attached hydrogens (tertiary/aromatic N) is 1. The Morgan fingerprint density at radius 1 is 0.960 bits per heavy atom. The lowest BCUT2D eigenvalue weighted by Crippen LogP contribution is -2.16. The number of para-hydroxylation sites is 1. The molecule has 2 amide bonds. The van der Waals surface area contributed by atoms with Crippen molar-refractivity contribution in [3.05, 3.63) is 77.3 Å². The van der Waals surface area contributed by atoms with Gasteiger partial charge in [-0.15, -0.1) is 0 Å². The van der Waals surface area contributed by atoms with Crippen LogP contribution in [0.15, 0.2) is 59.1 Å². The standard InChI is InChI=1S/C18H14FN3O3/c1-11-9-16(22-25-11)21-18(24)13-6-4-5-12(10-13)17(23)20-15-8-3-2-7-14(15)19/h2-10H,1H3,(H,20,23)(H,21,22,24). The Bertz CT molecular complexity index is 937. The molecule has 0 aliphatic rings. The van der Waals surface area contributed by atoms with Gasteiger partial charge in [-0.3, -0.25) is 9.59 Å². The first kappa shape index (κ1) is 16.4. The van der Waals surface area contributed by atoms with Gasteiger partial charge in [0.2, 0.25) is 0 Å². The van der Waals surface area contributed by atoms with E-state index in [1.165, 1.54) is 30.3 Å². The number of amides is 2. The molecule has 2 N–H and O–H groups in total. The highest BCUT2D eigenvalue weighted by atomic mass is 19.1. The van der Waals surface area contributed by atoms with Crippen molar-refractivity contribution in [2.24, 2.45) is 0 Å². The van der Waals surface area contributed by atoms with Gasteiger partial charge in [0.05, 0.1) is 5.69 Å². The molecule has 0 aliphatic heterocycles. The number of hydrogen-bond donors (Lipinski definition) is 2. The number of halogens is 1. The molecule has 0 saturated heterocycles. The highest BCUT2D eigenvalue weighted by molar-refractivity contribution is 6.08. The number of rotatable bonds is 4. The van der Waals surface area contributed by atoms with E-state index in [9.17, 15) is 14.0 Å². The summed E-state index contributed by atoms with van der Waals surface area (Å²) in [6.45, 7) is 1.70. The number of nitrogens with one attached hydrogen (secondary N) is 2. The van der Waals surface area contributed by atoms with E-state index in [-0.39, 0.29) is 22.6 Å². The van der Waals surface area contributed by atoms with Gasteiger partial charge in [0, 0.05) is 17.2 Å². The van der Waals surface area contributed by atoms with Crippen LogP contribution in [0.1, 0.15) is 26.5 Å². The van der Waals surface area contributed by atoms with Crippen LogP contribution in [0.3, 0.4) is 0 Å². The van der Waals surface area contributed by atoms with E-state index in [2.05, 4.69) is 15.8 Å². The molecule has 0 unspecified atom stereocenters. The van der Waals surface area contributed by atoms with Gasteiger partial charge in [0.25, 0.3) is 11.8 Å². The molecule has 3 aromatic rings. The lowest BCUT2D eigenvalue weighted by Gasteiger charge is -2.07. The summed E-state index contributed by atoms with van der Waals surface area (Å²) in [7, 11) is 0. The van der Waals surface area contributed by atoms with E-state index in [4.69, 9.17) is 4.52 Å². The van der Waals surface area contributed by atoms with Crippen LogP contribution in [0.4, 0.5) is 15.9 Å². The topological polar surface area (TPSA) is 84.2 Å². The minimum atomic E-state index is -0.536. The van der Waals surface area contributed by atoms with Crippen LogP contribution in [0.2, 0.25) is 0 Å². The first-order valence-electron chi connectivity index (χ1n) is 7.43. The molecule has 7 heteroatoms. The summed E-state index contributed by atoms with van der Waals surface area (Å²) in [6, 6.07) is 13.5. The van der Waals surface area contributed by atoms with Gasteiger partial charge < -0.3 is 15.2 Å². The van der Waals surface area contributed by atoms with Crippen LogP contribution in [-0.2, 0) is 0 Å². The zero-order chi connectivity index (χ0) is 17.8. The third kappa shape index (κ3) is 3.89. The highest BCUT2D eigenvalue weighted by Gasteiger charge is 2.13. The highest BCUT2D eigenvalue weighted by Crippen LogP contribution is 2.15. The number of anilines is 2. The van der Waals surface area contributed by atoms with Crippen LogP contribution >= 0.6 is 0 Å². The van der Waals surface area contributed by atoms with Crippen molar-refractivity contribution in [3.8, 4) is 0 Å². The third-order valence-corrected chi connectivity index (χ3v) is 3.38. The molecule has 25 heavy (non-hydrogen) atoms. The first-order chi connectivity index (χ1) is 12.0. The average molecular weight is 339 g/mol.